The molecule has 5 nitrogen and oxygen atoms in total. The molecule has 3 unspecified atom stereocenters. The van der Waals surface area contributed by atoms with Crippen LogP contribution in [0.4, 0.5) is 0 Å². The average molecular weight is 409 g/mol. The van der Waals surface area contributed by atoms with Gasteiger partial charge in [-0.25, -0.2) is 4.21 Å². The Bertz CT molecular complexity index is 600. The van der Waals surface area contributed by atoms with E-state index in [2.05, 4.69) is 13.8 Å². The summed E-state index contributed by atoms with van der Waals surface area (Å²) in [5.74, 6) is 0. The lowest BCUT2D eigenvalue weighted by Crippen LogP contribution is -2.57. The van der Waals surface area contributed by atoms with Crippen molar-refractivity contribution >= 4 is 28.8 Å². The van der Waals surface area contributed by atoms with Crippen LogP contribution in [0.2, 0.25) is 0 Å². The summed E-state index contributed by atoms with van der Waals surface area (Å²) < 4.78 is 39.8. The number of allylic oxidation sites excluding steroid dienone is 2. The smallest absolute Gasteiger partial charge is 0.370 e. The quantitative estimate of drug-likeness (QED) is 0.437. The van der Waals surface area contributed by atoms with Crippen LogP contribution >= 0.6 is 0 Å². The second-order valence-corrected chi connectivity index (χ2v) is 12.3. The molecule has 0 spiro atoms. The van der Waals surface area contributed by atoms with Gasteiger partial charge in [0, 0.05) is 41.6 Å². The van der Waals surface area contributed by atoms with Gasteiger partial charge in [0.25, 0.3) is 0 Å². The number of hydrogen-bond donors (Lipinski definition) is 1. The fourth-order valence-corrected chi connectivity index (χ4v) is 8.28. The zero-order valence-corrected chi connectivity index (χ0v) is 18.8. The van der Waals surface area contributed by atoms with Crippen LogP contribution in [0.25, 0.3) is 0 Å². The summed E-state index contributed by atoms with van der Waals surface area (Å²) >= 11 is 5.00. The Morgan fingerprint density at radius 1 is 1.08 bits per heavy atom. The predicted molar refractivity (Wildman–Crippen MR) is 107 cm³/mol. The van der Waals surface area contributed by atoms with E-state index in [0.717, 1.165) is 12.8 Å². The molecule has 0 radical (unpaired) electrons. The summed E-state index contributed by atoms with van der Waals surface area (Å²) in [6.07, 6.45) is 7.63. The van der Waals surface area contributed by atoms with E-state index in [1.165, 1.54) is 0 Å². The van der Waals surface area contributed by atoms with Gasteiger partial charge in [0.1, 0.15) is 4.75 Å². The van der Waals surface area contributed by atoms with E-state index in [-0.39, 0.29) is 5.41 Å². The molecule has 146 valence electrons. The van der Waals surface area contributed by atoms with Gasteiger partial charge in [-0.1, -0.05) is 38.5 Å². The highest BCUT2D eigenvalue weighted by Gasteiger charge is 2.57. The minimum atomic E-state index is -3.60. The van der Waals surface area contributed by atoms with Crippen LogP contribution in [0.3, 0.4) is 0 Å². The van der Waals surface area contributed by atoms with Crippen molar-refractivity contribution in [1.82, 2.24) is 0 Å². The van der Waals surface area contributed by atoms with Gasteiger partial charge in [-0.15, -0.1) is 0 Å². The van der Waals surface area contributed by atoms with E-state index in [1.807, 2.05) is 32.9 Å². The lowest BCUT2D eigenvalue weighted by molar-refractivity contribution is 0.0785. The lowest BCUT2D eigenvalue weighted by atomic mass is 9.80. The fourth-order valence-electron chi connectivity index (χ4n) is 3.20. The third kappa shape index (κ3) is 4.80. The van der Waals surface area contributed by atoms with Crippen LogP contribution in [0.15, 0.2) is 23.4 Å². The fraction of sp³-hybridized carbons (Fsp3) is 0.765. The molecule has 8 heteroatoms. The van der Waals surface area contributed by atoms with Crippen molar-refractivity contribution in [2.45, 2.75) is 59.1 Å². The zero-order valence-electron chi connectivity index (χ0n) is 16.2. The van der Waals surface area contributed by atoms with Crippen LogP contribution < -0.4 is 0 Å². The van der Waals surface area contributed by atoms with Gasteiger partial charge in [0.15, 0.2) is 8.77 Å². The maximum absolute atomic E-state index is 12.6. The first kappa shape index (κ1) is 22.9. The van der Waals surface area contributed by atoms with Crippen LogP contribution in [-0.2, 0) is 33.2 Å². The molecule has 0 aromatic heterocycles. The molecule has 0 saturated heterocycles. The van der Waals surface area contributed by atoms with Crippen molar-refractivity contribution in [3.63, 3.8) is 0 Å². The van der Waals surface area contributed by atoms with Crippen LogP contribution in [-0.4, -0.2) is 42.1 Å². The van der Waals surface area contributed by atoms with E-state index in [4.69, 9.17) is 24.5 Å². The second-order valence-electron chi connectivity index (χ2n) is 6.58. The summed E-state index contributed by atoms with van der Waals surface area (Å²) in [5, 5.41) is 0.603. The summed E-state index contributed by atoms with van der Waals surface area (Å²) in [6, 6.07) is 0. The largest absolute Gasteiger partial charge is 0.534 e. The number of rotatable bonds is 10. The molecular weight excluding hydrogens is 376 g/mol. The highest BCUT2D eigenvalue weighted by atomic mass is 32.8. The van der Waals surface area contributed by atoms with Crippen molar-refractivity contribution < 1.29 is 22.0 Å². The normalized spacial score (nSPS) is 29.3. The molecule has 0 aliphatic heterocycles. The third-order valence-electron chi connectivity index (χ3n) is 4.45. The van der Waals surface area contributed by atoms with Gasteiger partial charge in [-0.05, 0) is 34.1 Å². The standard InChI is InChI=1S/C17H32O5S2Si/c1-7-11-16(5)12-13-17(6,24(18,19)23)15(14-16)25(20-8-2,21-9-3)22-10-4/h12-14H,7-11H2,1-6H3,(H,18,19,23). The van der Waals surface area contributed by atoms with Gasteiger partial charge in [0.2, 0.25) is 0 Å². The van der Waals surface area contributed by atoms with Crippen LogP contribution in [0, 0.1) is 5.41 Å². The first-order chi connectivity index (χ1) is 11.5. The molecule has 0 aromatic rings. The Kier molecular flexibility index (Phi) is 8.01. The Hall–Kier alpha value is -0.0931. The second kappa shape index (κ2) is 8.73. The van der Waals surface area contributed by atoms with E-state index in [0.29, 0.717) is 25.0 Å². The lowest BCUT2D eigenvalue weighted by Gasteiger charge is -2.42. The molecule has 0 heterocycles. The molecule has 3 atom stereocenters. The Morgan fingerprint density at radius 3 is 1.92 bits per heavy atom. The average Bonchev–Trinajstić information content (AvgIpc) is 2.50. The van der Waals surface area contributed by atoms with Gasteiger partial charge in [-0.3, -0.25) is 0 Å². The first-order valence-electron chi connectivity index (χ1n) is 8.87. The molecule has 0 fully saturated rings. The Balaban J connectivity index is 3.68. The monoisotopic (exact) mass is 408 g/mol. The Morgan fingerprint density at radius 2 is 1.56 bits per heavy atom. The first-order valence-corrected chi connectivity index (χ1v) is 13.0. The molecule has 25 heavy (non-hydrogen) atoms. The molecule has 0 aromatic carbocycles. The summed E-state index contributed by atoms with van der Waals surface area (Å²) in [6.45, 7) is 12.6. The van der Waals surface area contributed by atoms with Gasteiger partial charge in [-0.2, -0.15) is 0 Å². The maximum Gasteiger partial charge on any atom is 0.534 e. The predicted octanol–water partition coefficient (Wildman–Crippen LogP) is 3.85. The SMILES string of the molecule is CCCC1(C)C=CC(C)(S(=O)(O)=S)C([Si](OCC)(OCC)OCC)=C1. The zero-order chi connectivity index (χ0) is 19.4. The van der Waals surface area contributed by atoms with E-state index in [1.54, 1.807) is 13.0 Å². The van der Waals surface area contributed by atoms with E-state index < -0.39 is 22.3 Å². The van der Waals surface area contributed by atoms with Crippen molar-refractivity contribution in [3.8, 4) is 0 Å². The van der Waals surface area contributed by atoms with E-state index >= 15 is 0 Å². The summed E-state index contributed by atoms with van der Waals surface area (Å²) in [4.78, 5) is 0. The minimum absolute atomic E-state index is 0.257. The molecule has 1 aliphatic rings. The molecule has 0 amide bonds. The molecular formula is C17H32O5S2Si. The molecule has 0 saturated carbocycles. The van der Waals surface area contributed by atoms with Gasteiger partial charge in [0.05, 0.1) is 0 Å². The van der Waals surface area contributed by atoms with Crippen molar-refractivity contribution in [2.75, 3.05) is 19.8 Å². The summed E-state index contributed by atoms with van der Waals surface area (Å²) in [5.41, 5.74) is -0.257. The highest BCUT2D eigenvalue weighted by molar-refractivity contribution is 8.30. The summed E-state index contributed by atoms with van der Waals surface area (Å²) in [7, 11) is -6.96. The molecule has 1 aliphatic carbocycles. The molecule has 1 N–H and O–H groups in total. The maximum atomic E-state index is 12.6. The molecule has 0 bridgehead atoms. The van der Waals surface area contributed by atoms with Gasteiger partial charge >= 0.3 is 8.80 Å². The Labute approximate surface area is 158 Å². The molecule has 1 rings (SSSR count). The van der Waals surface area contributed by atoms with Crippen molar-refractivity contribution in [3.05, 3.63) is 23.4 Å². The topological polar surface area (TPSA) is 65.0 Å². The van der Waals surface area contributed by atoms with Crippen LogP contribution in [0.1, 0.15) is 54.4 Å². The van der Waals surface area contributed by atoms with Crippen LogP contribution in [0.5, 0.6) is 0 Å². The van der Waals surface area contributed by atoms with Crippen molar-refractivity contribution in [2.24, 2.45) is 5.41 Å². The van der Waals surface area contributed by atoms with E-state index in [9.17, 15) is 8.76 Å². The minimum Gasteiger partial charge on any atom is -0.370 e. The van der Waals surface area contributed by atoms with Gasteiger partial charge < -0.3 is 17.8 Å². The highest BCUT2D eigenvalue weighted by Crippen LogP contribution is 2.44. The van der Waals surface area contributed by atoms with Crippen molar-refractivity contribution in [1.29, 1.82) is 0 Å². The number of hydrogen-bond acceptors (Lipinski definition) is 5. The third-order valence-corrected chi connectivity index (χ3v) is 10.4.